The number of likely N-dealkylation sites (tertiary alicyclic amines) is 1. The Hall–Kier alpha value is -1.15. The predicted octanol–water partition coefficient (Wildman–Crippen LogP) is 0.266. The molecule has 8 heteroatoms. The van der Waals surface area contributed by atoms with Gasteiger partial charge < -0.3 is 10.0 Å². The zero-order chi connectivity index (χ0) is 15.9. The molecule has 7 nitrogen and oxygen atoms in total. The van der Waals surface area contributed by atoms with Gasteiger partial charge in [-0.05, 0) is 31.6 Å². The van der Waals surface area contributed by atoms with E-state index in [1.54, 1.807) is 0 Å². The van der Waals surface area contributed by atoms with E-state index in [-0.39, 0.29) is 30.2 Å². The zero-order valence-corrected chi connectivity index (χ0v) is 13.3. The van der Waals surface area contributed by atoms with Gasteiger partial charge >= 0.3 is 5.97 Å². The fourth-order valence-electron chi connectivity index (χ4n) is 4.14. The molecule has 2 saturated heterocycles. The van der Waals surface area contributed by atoms with Gasteiger partial charge in [0.25, 0.3) is 0 Å². The number of sulfonamides is 1. The summed E-state index contributed by atoms with van der Waals surface area (Å²) in [5.74, 6) is -1.01. The van der Waals surface area contributed by atoms with Gasteiger partial charge in [-0.25, -0.2) is 13.2 Å². The third kappa shape index (κ3) is 2.74. The second-order valence-corrected chi connectivity index (χ2v) is 8.59. The van der Waals surface area contributed by atoms with Crippen molar-refractivity contribution in [1.29, 1.82) is 0 Å². The second-order valence-electron chi connectivity index (χ2n) is 6.51. The van der Waals surface area contributed by atoms with Crippen LogP contribution in [0.4, 0.5) is 0 Å². The summed E-state index contributed by atoms with van der Waals surface area (Å²) in [7, 11) is -3.34. The van der Waals surface area contributed by atoms with Crippen molar-refractivity contribution in [3.05, 3.63) is 0 Å². The molecule has 1 saturated carbocycles. The standard InChI is InChI=1S/C14H22N2O5S/c17-13(9-15-6-3-7-22(15,20)21)16-11-5-2-1-4-10(11)8-12(16)14(18)19/h10-12H,1-9H2,(H,18,19). The first-order valence-corrected chi connectivity index (χ1v) is 9.53. The highest BCUT2D eigenvalue weighted by molar-refractivity contribution is 7.89. The summed E-state index contributed by atoms with van der Waals surface area (Å²) >= 11 is 0. The number of hydrogen-bond acceptors (Lipinski definition) is 4. The molecular weight excluding hydrogens is 308 g/mol. The third-order valence-corrected chi connectivity index (χ3v) is 7.08. The van der Waals surface area contributed by atoms with Crippen molar-refractivity contribution in [2.45, 2.75) is 50.6 Å². The van der Waals surface area contributed by atoms with Crippen LogP contribution in [0.25, 0.3) is 0 Å². The number of carboxylic acids is 1. The Balaban J connectivity index is 1.77. The van der Waals surface area contributed by atoms with Crippen LogP contribution in [0.3, 0.4) is 0 Å². The minimum Gasteiger partial charge on any atom is -0.480 e. The van der Waals surface area contributed by atoms with E-state index in [0.29, 0.717) is 19.4 Å². The minimum absolute atomic E-state index is 0.0346. The first-order valence-electron chi connectivity index (χ1n) is 7.92. The molecule has 0 spiro atoms. The molecule has 0 bridgehead atoms. The number of carboxylic acid groups (broad SMARTS) is 1. The fourth-order valence-corrected chi connectivity index (χ4v) is 5.61. The first-order chi connectivity index (χ1) is 10.4. The average molecular weight is 330 g/mol. The van der Waals surface area contributed by atoms with Crippen molar-refractivity contribution in [3.8, 4) is 0 Å². The van der Waals surface area contributed by atoms with E-state index in [0.717, 1.165) is 25.7 Å². The van der Waals surface area contributed by atoms with Crippen LogP contribution in [0.1, 0.15) is 38.5 Å². The molecule has 0 aromatic rings. The molecule has 3 atom stereocenters. The SMILES string of the molecule is O=C(O)C1CC2CCCCC2N1C(=O)CN1CCCS1(=O)=O. The summed E-state index contributed by atoms with van der Waals surface area (Å²) in [6.45, 7) is 0.142. The Morgan fingerprint density at radius 3 is 2.50 bits per heavy atom. The number of hydrogen-bond donors (Lipinski definition) is 1. The summed E-state index contributed by atoms with van der Waals surface area (Å²) in [6, 6.07) is -0.835. The Morgan fingerprint density at radius 1 is 1.14 bits per heavy atom. The smallest absolute Gasteiger partial charge is 0.326 e. The van der Waals surface area contributed by atoms with E-state index in [2.05, 4.69) is 0 Å². The van der Waals surface area contributed by atoms with E-state index in [9.17, 15) is 23.1 Å². The molecule has 0 aromatic carbocycles. The summed E-state index contributed by atoms with van der Waals surface area (Å²) < 4.78 is 24.9. The molecule has 3 unspecified atom stereocenters. The first kappa shape index (κ1) is 15.7. The van der Waals surface area contributed by atoms with Gasteiger partial charge in [-0.2, -0.15) is 4.31 Å². The van der Waals surface area contributed by atoms with Crippen molar-refractivity contribution in [3.63, 3.8) is 0 Å². The molecule has 3 fully saturated rings. The maximum atomic E-state index is 12.6. The predicted molar refractivity (Wildman–Crippen MR) is 78.6 cm³/mol. The van der Waals surface area contributed by atoms with Gasteiger partial charge in [0.15, 0.2) is 0 Å². The molecular formula is C14H22N2O5S. The van der Waals surface area contributed by atoms with Gasteiger partial charge in [0.2, 0.25) is 15.9 Å². The maximum Gasteiger partial charge on any atom is 0.326 e. The van der Waals surface area contributed by atoms with Gasteiger partial charge in [-0.15, -0.1) is 0 Å². The number of amides is 1. The lowest BCUT2D eigenvalue weighted by molar-refractivity contribution is -0.149. The molecule has 3 rings (SSSR count). The molecule has 124 valence electrons. The zero-order valence-electron chi connectivity index (χ0n) is 12.5. The lowest BCUT2D eigenvalue weighted by atomic mass is 9.85. The van der Waals surface area contributed by atoms with Crippen LogP contribution in [0.2, 0.25) is 0 Å². The molecule has 3 aliphatic rings. The van der Waals surface area contributed by atoms with Crippen LogP contribution < -0.4 is 0 Å². The van der Waals surface area contributed by atoms with Crippen LogP contribution in [0, 0.1) is 5.92 Å². The minimum atomic E-state index is -3.34. The molecule has 1 amide bonds. The Labute approximate surface area is 130 Å². The largest absolute Gasteiger partial charge is 0.480 e. The summed E-state index contributed by atoms with van der Waals surface area (Å²) in [6.07, 6.45) is 4.89. The van der Waals surface area contributed by atoms with Crippen molar-refractivity contribution in [2.24, 2.45) is 5.92 Å². The van der Waals surface area contributed by atoms with Gasteiger partial charge in [0, 0.05) is 12.6 Å². The Kier molecular flexibility index (Phi) is 4.15. The van der Waals surface area contributed by atoms with E-state index >= 15 is 0 Å². The summed E-state index contributed by atoms with van der Waals surface area (Å²) in [5, 5.41) is 9.42. The second kappa shape index (κ2) is 5.81. The number of rotatable bonds is 3. The lowest BCUT2D eigenvalue weighted by Gasteiger charge is -2.33. The molecule has 0 radical (unpaired) electrons. The molecule has 22 heavy (non-hydrogen) atoms. The van der Waals surface area contributed by atoms with E-state index in [1.165, 1.54) is 9.21 Å². The van der Waals surface area contributed by atoms with Crippen molar-refractivity contribution in [2.75, 3.05) is 18.8 Å². The topological polar surface area (TPSA) is 95.0 Å². The van der Waals surface area contributed by atoms with Crippen molar-refractivity contribution < 1.29 is 23.1 Å². The molecule has 0 aromatic heterocycles. The van der Waals surface area contributed by atoms with Crippen LogP contribution >= 0.6 is 0 Å². The molecule has 2 heterocycles. The summed E-state index contributed by atoms with van der Waals surface area (Å²) in [5.41, 5.74) is 0. The van der Waals surface area contributed by atoms with E-state index in [4.69, 9.17) is 0 Å². The van der Waals surface area contributed by atoms with Crippen LogP contribution in [-0.4, -0.2) is 65.5 Å². The lowest BCUT2D eigenvalue weighted by Crippen LogP contribution is -2.50. The van der Waals surface area contributed by atoms with E-state index in [1.807, 2.05) is 0 Å². The number of aliphatic carboxylic acids is 1. The Bertz CT molecular complexity index is 576. The third-order valence-electron chi connectivity index (χ3n) is 5.18. The van der Waals surface area contributed by atoms with Crippen LogP contribution in [0.15, 0.2) is 0 Å². The molecule has 1 N–H and O–H groups in total. The van der Waals surface area contributed by atoms with E-state index < -0.39 is 22.0 Å². The number of fused-ring (bicyclic) bond motifs is 1. The van der Waals surface area contributed by atoms with Gasteiger partial charge in [-0.3, -0.25) is 4.79 Å². The highest BCUT2D eigenvalue weighted by Gasteiger charge is 2.48. The number of carbonyl (C=O) groups excluding carboxylic acids is 1. The van der Waals surface area contributed by atoms with Crippen LogP contribution in [-0.2, 0) is 19.6 Å². The fraction of sp³-hybridized carbons (Fsp3) is 0.857. The van der Waals surface area contributed by atoms with Crippen molar-refractivity contribution in [1.82, 2.24) is 9.21 Å². The van der Waals surface area contributed by atoms with Gasteiger partial charge in [0.05, 0.1) is 12.3 Å². The van der Waals surface area contributed by atoms with Crippen molar-refractivity contribution >= 4 is 21.9 Å². The summed E-state index contributed by atoms with van der Waals surface area (Å²) in [4.78, 5) is 25.6. The normalized spacial score (nSPS) is 34.5. The monoisotopic (exact) mass is 330 g/mol. The van der Waals surface area contributed by atoms with Crippen LogP contribution in [0.5, 0.6) is 0 Å². The molecule has 2 aliphatic heterocycles. The highest BCUT2D eigenvalue weighted by Crippen LogP contribution is 2.40. The average Bonchev–Trinajstić information content (AvgIpc) is 2.99. The number of nitrogens with zero attached hydrogens (tertiary/aromatic N) is 2. The van der Waals surface area contributed by atoms with Gasteiger partial charge in [0.1, 0.15) is 6.04 Å². The Morgan fingerprint density at radius 2 is 1.86 bits per heavy atom. The highest BCUT2D eigenvalue weighted by atomic mass is 32.2. The quantitative estimate of drug-likeness (QED) is 0.801. The maximum absolute atomic E-state index is 12.6. The number of carbonyl (C=O) groups is 2. The molecule has 1 aliphatic carbocycles. The van der Waals surface area contributed by atoms with Gasteiger partial charge in [-0.1, -0.05) is 12.8 Å².